The molecule has 1 radical (unpaired) electrons. The first kappa shape index (κ1) is 38.5. The molecule has 0 fully saturated rings. The molecule has 3 aromatic carbocycles. The largest absolute Gasteiger partial charge is 2.00 e. The molecule has 0 aromatic heterocycles. The van der Waals surface area contributed by atoms with Gasteiger partial charge in [-0.1, -0.05) is 54.1 Å². The van der Waals surface area contributed by atoms with Gasteiger partial charge >= 0.3 is 17.1 Å². The van der Waals surface area contributed by atoms with E-state index < -0.39 is 32.4 Å². The van der Waals surface area contributed by atoms with Crippen LogP contribution in [0, 0.1) is 27.4 Å². The number of carboxylic acids is 2. The normalized spacial score (nSPS) is 12.1. The van der Waals surface area contributed by atoms with Crippen LogP contribution in [0.15, 0.2) is 65.7 Å². The van der Waals surface area contributed by atoms with Crippen molar-refractivity contribution in [3.8, 4) is 0 Å². The minimum atomic E-state index is -4.94. The van der Waals surface area contributed by atoms with Crippen molar-refractivity contribution in [2.24, 2.45) is 4.99 Å². The first-order chi connectivity index (χ1) is 17.3. The van der Waals surface area contributed by atoms with Gasteiger partial charge in [-0.3, -0.25) is 14.6 Å². The van der Waals surface area contributed by atoms with E-state index in [1.165, 1.54) is 33.2 Å². The predicted molar refractivity (Wildman–Crippen MR) is 112 cm³/mol. The van der Waals surface area contributed by atoms with Gasteiger partial charge in [-0.15, -0.1) is 20.5 Å². The van der Waals surface area contributed by atoms with E-state index in [2.05, 4.69) is 67.6 Å². The second-order valence-electron chi connectivity index (χ2n) is 7.19. The van der Waals surface area contributed by atoms with Gasteiger partial charge in [0, 0.05) is 25.8 Å². The summed E-state index contributed by atoms with van der Waals surface area (Å²) in [5.74, 6) is -1.67. The van der Waals surface area contributed by atoms with Crippen molar-refractivity contribution >= 4 is 34.1 Å². The zero-order chi connectivity index (χ0) is 29.7. The number of benzene rings is 3. The molecule has 0 saturated heterocycles. The Hall–Kier alpha value is -2.69. The molecule has 0 atom stereocenters. The van der Waals surface area contributed by atoms with Crippen LogP contribution in [-0.4, -0.2) is 27.9 Å². The number of aliphatic imine (C=N–C) groups is 1. The predicted octanol–water partition coefficient (Wildman–Crippen LogP) is -4.51. The van der Waals surface area contributed by atoms with Gasteiger partial charge in [-0.25, -0.2) is 37.3 Å². The Bertz CT molecular complexity index is 1180. The van der Waals surface area contributed by atoms with Crippen molar-refractivity contribution < 1.29 is 94.6 Å². The van der Waals surface area contributed by atoms with Crippen LogP contribution >= 0.6 is 0 Å². The zero-order valence-corrected chi connectivity index (χ0v) is 22.9. The van der Waals surface area contributed by atoms with Gasteiger partial charge in [-0.05, 0) is 35.4 Å². The van der Waals surface area contributed by atoms with Crippen molar-refractivity contribution in [1.29, 1.82) is 0 Å². The van der Waals surface area contributed by atoms with E-state index in [0.29, 0.717) is 0 Å². The maximum Gasteiger partial charge on any atom is 2.00 e. The number of carbonyl (C=O) groups is 2. The van der Waals surface area contributed by atoms with E-state index in [1.54, 1.807) is 0 Å². The summed E-state index contributed by atoms with van der Waals surface area (Å²) in [5.41, 5.74) is 6.17. The third-order valence-electron chi connectivity index (χ3n) is 3.96. The smallest absolute Gasteiger partial charge is 0.481 e. The Labute approximate surface area is 237 Å². The van der Waals surface area contributed by atoms with Gasteiger partial charge in [0.25, 0.3) is 11.9 Å². The van der Waals surface area contributed by atoms with Gasteiger partial charge in [0.15, 0.2) is 0 Å². The van der Waals surface area contributed by atoms with E-state index in [4.69, 9.17) is 62.1 Å². The van der Waals surface area contributed by atoms with Crippen LogP contribution in [0.25, 0.3) is 10.8 Å². The van der Waals surface area contributed by atoms with Gasteiger partial charge in [-0.2, -0.15) is 0 Å². The molecule has 217 valence electrons. The number of nitrogens with zero attached hydrogens (tertiary/aromatic N) is 1. The SMILES string of the molecule is CC(=O)O.CC(=O)O.Cc1ccc(N=C2Cc3cccc4cccc2c34)cc1.[Cu+2].[O-][Cl+3]([O-])([O-])[O-].[O-][Cl+3]([O-])([O-])[O-]. The quantitative estimate of drug-likeness (QED) is 0.238. The van der Waals surface area contributed by atoms with Crippen LogP contribution in [0.5, 0.6) is 0 Å². The number of hydrogen-bond donors (Lipinski definition) is 2. The van der Waals surface area contributed by atoms with E-state index in [1.807, 2.05) is 0 Å². The van der Waals surface area contributed by atoms with Crippen LogP contribution in [0.2, 0.25) is 0 Å². The molecule has 13 nitrogen and oxygen atoms in total. The molecule has 0 unspecified atom stereocenters. The molecule has 0 heterocycles. The number of carboxylic acid groups (broad SMARTS) is 2. The van der Waals surface area contributed by atoms with Crippen molar-refractivity contribution in [3.63, 3.8) is 0 Å². The van der Waals surface area contributed by atoms with Crippen LogP contribution < -0.4 is 37.3 Å². The van der Waals surface area contributed by atoms with Gasteiger partial charge in [0.05, 0.1) is 11.4 Å². The van der Waals surface area contributed by atoms with Crippen LogP contribution in [0.1, 0.15) is 30.5 Å². The molecule has 0 bridgehead atoms. The van der Waals surface area contributed by atoms with E-state index >= 15 is 0 Å². The van der Waals surface area contributed by atoms with Crippen molar-refractivity contribution in [3.05, 3.63) is 77.4 Å². The number of halogens is 2. The Morgan fingerprint density at radius 1 is 0.744 bits per heavy atom. The summed E-state index contributed by atoms with van der Waals surface area (Å²) in [5, 5.41) is 17.5. The second kappa shape index (κ2) is 17.8. The Balaban J connectivity index is 0. The molecular weight excluding hydrogens is 617 g/mol. The molecule has 0 saturated carbocycles. The summed E-state index contributed by atoms with van der Waals surface area (Å²) >= 11 is 0. The molecular formula is C23H23Cl2CuNO12. The fraction of sp³-hybridized carbons (Fsp3) is 0.174. The molecule has 39 heavy (non-hydrogen) atoms. The average molecular weight is 640 g/mol. The summed E-state index contributed by atoms with van der Waals surface area (Å²) in [6.45, 7) is 4.27. The van der Waals surface area contributed by atoms with Crippen LogP contribution in [0.3, 0.4) is 0 Å². The summed E-state index contributed by atoms with van der Waals surface area (Å²) in [4.78, 5) is 22.9. The molecule has 0 spiro atoms. The standard InChI is InChI=1S/C19H15N.2C2H4O2.2ClHO4.Cu/c1-13-8-10-16(11-9-13)20-18-12-15-6-2-4-14-5-3-7-17(18)19(14)15;2*1-2(3)4;2*2-1(3,4)5;/h2-11H,12H2,1H3;2*1H3,(H,3,4);2*(H,2,3,4,5);/q;;;;;+2/p-2. The fourth-order valence-electron chi connectivity index (χ4n) is 2.96. The van der Waals surface area contributed by atoms with Crippen LogP contribution in [-0.2, 0) is 33.1 Å². The summed E-state index contributed by atoms with van der Waals surface area (Å²) < 4.78 is 67.9. The Morgan fingerprint density at radius 3 is 1.54 bits per heavy atom. The van der Waals surface area contributed by atoms with Crippen molar-refractivity contribution in [2.45, 2.75) is 27.2 Å². The molecule has 3 aromatic rings. The van der Waals surface area contributed by atoms with E-state index in [0.717, 1.165) is 26.0 Å². The molecule has 1 aliphatic carbocycles. The monoisotopic (exact) mass is 638 g/mol. The maximum atomic E-state index is 9.00. The van der Waals surface area contributed by atoms with Crippen molar-refractivity contribution in [1.82, 2.24) is 0 Å². The first-order valence-corrected chi connectivity index (χ1v) is 12.5. The zero-order valence-electron chi connectivity index (χ0n) is 20.5. The molecule has 0 aliphatic heterocycles. The molecule has 1 aliphatic rings. The summed E-state index contributed by atoms with van der Waals surface area (Å²) in [6.07, 6.45) is 0.935. The Morgan fingerprint density at radius 2 is 1.13 bits per heavy atom. The second-order valence-corrected chi connectivity index (χ2v) is 8.70. The van der Waals surface area contributed by atoms with Crippen molar-refractivity contribution in [2.75, 3.05) is 0 Å². The molecule has 0 amide bonds. The summed E-state index contributed by atoms with van der Waals surface area (Å²) in [6, 6.07) is 21.4. The van der Waals surface area contributed by atoms with E-state index in [9.17, 15) is 0 Å². The minimum Gasteiger partial charge on any atom is -0.481 e. The molecule has 16 heteroatoms. The minimum absolute atomic E-state index is 0. The van der Waals surface area contributed by atoms with Crippen LogP contribution in [0.4, 0.5) is 5.69 Å². The number of hydrogen-bond acceptors (Lipinski definition) is 11. The maximum absolute atomic E-state index is 9.00. The van der Waals surface area contributed by atoms with Gasteiger partial charge < -0.3 is 10.2 Å². The van der Waals surface area contributed by atoms with Gasteiger partial charge in [0.1, 0.15) is 0 Å². The average Bonchev–Trinajstić information content (AvgIpc) is 3.06. The van der Waals surface area contributed by atoms with E-state index in [-0.39, 0.29) is 17.1 Å². The number of rotatable bonds is 1. The third kappa shape index (κ3) is 20.9. The third-order valence-corrected chi connectivity index (χ3v) is 3.96. The summed E-state index contributed by atoms with van der Waals surface area (Å²) in [7, 11) is -9.89. The molecule has 4 rings (SSSR count). The number of aliphatic carboxylic acids is 2. The molecule has 2 N–H and O–H groups in total. The topological polar surface area (TPSA) is 271 Å². The Kier molecular flexibility index (Phi) is 17.6. The number of aryl methyl sites for hydroxylation is 1. The first-order valence-electron chi connectivity index (χ1n) is 10.1. The van der Waals surface area contributed by atoms with Gasteiger partial charge in [0.2, 0.25) is 0 Å². The fourth-order valence-corrected chi connectivity index (χ4v) is 2.96.